The molecule has 2 aromatic rings. The van der Waals surface area contributed by atoms with E-state index < -0.39 is 0 Å². The molecule has 1 aliphatic heterocycles. The smallest absolute Gasteiger partial charge is 0.409 e. The maximum absolute atomic E-state index is 12.6. The van der Waals surface area contributed by atoms with E-state index in [0.29, 0.717) is 43.5 Å². The number of hydrogen-bond donors (Lipinski definition) is 1. The van der Waals surface area contributed by atoms with Crippen LogP contribution in [0.4, 0.5) is 16.2 Å². The molecule has 1 aromatic heterocycles. The van der Waals surface area contributed by atoms with Gasteiger partial charge in [-0.25, -0.2) is 9.78 Å². The summed E-state index contributed by atoms with van der Waals surface area (Å²) in [6, 6.07) is 10.8. The molecule has 2 amide bonds. The second-order valence-electron chi connectivity index (χ2n) is 6.04. The fourth-order valence-corrected chi connectivity index (χ4v) is 2.89. The number of piperazine rings is 1. The van der Waals surface area contributed by atoms with E-state index in [4.69, 9.17) is 16.3 Å². The fourth-order valence-electron chi connectivity index (χ4n) is 2.76. The Bertz CT molecular complexity index is 788. The molecule has 8 heteroatoms. The van der Waals surface area contributed by atoms with E-state index in [2.05, 4.69) is 10.3 Å². The van der Waals surface area contributed by atoms with Crippen molar-refractivity contribution in [3.05, 3.63) is 53.3 Å². The van der Waals surface area contributed by atoms with Crippen LogP contribution in [0.5, 0.6) is 0 Å². The Hall–Kier alpha value is -2.80. The first-order chi connectivity index (χ1) is 13.1. The Morgan fingerprint density at radius 1 is 1.04 bits per heavy atom. The number of carbonyl (C=O) groups is 2. The van der Waals surface area contributed by atoms with E-state index in [9.17, 15) is 9.59 Å². The van der Waals surface area contributed by atoms with Gasteiger partial charge in [-0.05, 0) is 43.3 Å². The molecule has 0 spiro atoms. The third kappa shape index (κ3) is 4.89. The van der Waals surface area contributed by atoms with Gasteiger partial charge in [-0.3, -0.25) is 4.79 Å². The van der Waals surface area contributed by atoms with Gasteiger partial charge in [-0.2, -0.15) is 0 Å². The van der Waals surface area contributed by atoms with Crippen LogP contribution in [0.15, 0.2) is 42.6 Å². The molecule has 0 aliphatic carbocycles. The maximum Gasteiger partial charge on any atom is 0.409 e. The largest absolute Gasteiger partial charge is 0.450 e. The van der Waals surface area contributed by atoms with Gasteiger partial charge in [0.2, 0.25) is 0 Å². The van der Waals surface area contributed by atoms with Crippen molar-refractivity contribution < 1.29 is 14.3 Å². The standard InChI is InChI=1S/C19H21ClN4O3/c1-2-27-19(26)24-11-9-23(10-12-24)18(25)17-8-7-16(13-21-17)22-15-5-3-14(20)4-6-15/h3-8,13,22H,2,9-12H2,1H3. The van der Waals surface area contributed by atoms with Crippen molar-refractivity contribution in [1.29, 1.82) is 0 Å². The van der Waals surface area contributed by atoms with Crippen LogP contribution in [0.2, 0.25) is 5.02 Å². The van der Waals surface area contributed by atoms with Gasteiger partial charge in [0.25, 0.3) is 5.91 Å². The summed E-state index contributed by atoms with van der Waals surface area (Å²) in [6.45, 7) is 3.96. The molecule has 7 nitrogen and oxygen atoms in total. The van der Waals surface area contributed by atoms with Crippen molar-refractivity contribution in [2.75, 3.05) is 38.1 Å². The van der Waals surface area contributed by atoms with Gasteiger partial charge in [-0.15, -0.1) is 0 Å². The number of nitrogens with one attached hydrogen (secondary N) is 1. The van der Waals surface area contributed by atoms with Crippen LogP contribution in [-0.2, 0) is 4.74 Å². The lowest BCUT2D eigenvalue weighted by atomic mass is 10.2. The van der Waals surface area contributed by atoms with Gasteiger partial charge in [0.1, 0.15) is 5.69 Å². The molecule has 142 valence electrons. The summed E-state index contributed by atoms with van der Waals surface area (Å²) in [5.74, 6) is -0.142. The van der Waals surface area contributed by atoms with Crippen molar-refractivity contribution in [3.8, 4) is 0 Å². The third-order valence-corrected chi connectivity index (χ3v) is 4.46. The number of nitrogens with zero attached hydrogens (tertiary/aromatic N) is 3. The second kappa shape index (κ2) is 8.73. The fraction of sp³-hybridized carbons (Fsp3) is 0.316. The van der Waals surface area contributed by atoms with E-state index in [-0.39, 0.29) is 12.0 Å². The second-order valence-corrected chi connectivity index (χ2v) is 6.48. The quantitative estimate of drug-likeness (QED) is 0.868. The van der Waals surface area contributed by atoms with E-state index >= 15 is 0 Å². The monoisotopic (exact) mass is 388 g/mol. The molecule has 2 heterocycles. The van der Waals surface area contributed by atoms with Crippen LogP contribution in [-0.4, -0.2) is 59.6 Å². The zero-order chi connectivity index (χ0) is 19.2. The first-order valence-electron chi connectivity index (χ1n) is 8.76. The summed E-state index contributed by atoms with van der Waals surface area (Å²) < 4.78 is 4.99. The summed E-state index contributed by atoms with van der Waals surface area (Å²) in [5.41, 5.74) is 2.04. The lowest BCUT2D eigenvalue weighted by molar-refractivity contribution is 0.0566. The Labute approximate surface area is 162 Å². The van der Waals surface area contributed by atoms with Gasteiger partial charge < -0.3 is 19.9 Å². The number of hydrogen-bond acceptors (Lipinski definition) is 5. The van der Waals surface area contributed by atoms with Gasteiger partial charge in [0, 0.05) is 36.9 Å². The molecule has 1 aromatic carbocycles. The average molecular weight is 389 g/mol. The minimum atomic E-state index is -0.333. The highest BCUT2D eigenvalue weighted by atomic mass is 35.5. The van der Waals surface area contributed by atoms with Crippen LogP contribution >= 0.6 is 11.6 Å². The van der Waals surface area contributed by atoms with Crippen LogP contribution in [0.3, 0.4) is 0 Å². The number of aromatic nitrogens is 1. The van der Waals surface area contributed by atoms with Gasteiger partial charge in [-0.1, -0.05) is 11.6 Å². The van der Waals surface area contributed by atoms with Crippen LogP contribution < -0.4 is 5.32 Å². The molecule has 0 saturated carbocycles. The molecule has 3 rings (SSSR count). The van der Waals surface area contributed by atoms with Crippen molar-refractivity contribution >= 4 is 35.0 Å². The first kappa shape index (κ1) is 19.0. The normalized spacial score (nSPS) is 14.0. The molecule has 1 N–H and O–H groups in total. The number of amides is 2. The lowest BCUT2D eigenvalue weighted by Gasteiger charge is -2.33. The van der Waals surface area contributed by atoms with Crippen molar-refractivity contribution in [3.63, 3.8) is 0 Å². The summed E-state index contributed by atoms with van der Waals surface area (Å²) in [7, 11) is 0. The number of benzene rings is 1. The number of pyridine rings is 1. The number of rotatable bonds is 4. The zero-order valence-electron chi connectivity index (χ0n) is 15.0. The van der Waals surface area contributed by atoms with Crippen LogP contribution in [0.25, 0.3) is 0 Å². The summed E-state index contributed by atoms with van der Waals surface area (Å²) in [5, 5.41) is 3.87. The molecule has 0 bridgehead atoms. The molecule has 0 atom stereocenters. The van der Waals surface area contributed by atoms with Crippen molar-refractivity contribution in [1.82, 2.24) is 14.8 Å². The Kier molecular flexibility index (Phi) is 6.13. The SMILES string of the molecule is CCOC(=O)N1CCN(C(=O)c2ccc(Nc3ccc(Cl)cc3)cn2)CC1. The zero-order valence-corrected chi connectivity index (χ0v) is 15.8. The third-order valence-electron chi connectivity index (χ3n) is 4.21. The molecular weight excluding hydrogens is 368 g/mol. The van der Waals surface area contributed by atoms with E-state index in [1.54, 1.807) is 41.1 Å². The molecule has 27 heavy (non-hydrogen) atoms. The van der Waals surface area contributed by atoms with Gasteiger partial charge in [0.15, 0.2) is 0 Å². The van der Waals surface area contributed by atoms with Gasteiger partial charge >= 0.3 is 6.09 Å². The lowest BCUT2D eigenvalue weighted by Crippen LogP contribution is -2.50. The van der Waals surface area contributed by atoms with Crippen LogP contribution in [0, 0.1) is 0 Å². The van der Waals surface area contributed by atoms with E-state index in [1.807, 2.05) is 18.2 Å². The molecular formula is C19H21ClN4O3. The van der Waals surface area contributed by atoms with Gasteiger partial charge in [0.05, 0.1) is 18.5 Å². The number of halogens is 1. The van der Waals surface area contributed by atoms with Crippen molar-refractivity contribution in [2.45, 2.75) is 6.92 Å². The van der Waals surface area contributed by atoms with Crippen LogP contribution in [0.1, 0.15) is 17.4 Å². The number of carbonyl (C=O) groups excluding carboxylic acids is 2. The molecule has 0 unspecified atom stereocenters. The predicted molar refractivity (Wildman–Crippen MR) is 103 cm³/mol. The highest BCUT2D eigenvalue weighted by molar-refractivity contribution is 6.30. The summed E-state index contributed by atoms with van der Waals surface area (Å²) in [4.78, 5) is 31.9. The van der Waals surface area contributed by atoms with Crippen molar-refractivity contribution in [2.24, 2.45) is 0 Å². The highest BCUT2D eigenvalue weighted by Crippen LogP contribution is 2.19. The summed E-state index contributed by atoms with van der Waals surface area (Å²) >= 11 is 5.88. The molecule has 1 fully saturated rings. The number of ether oxygens (including phenoxy) is 1. The first-order valence-corrected chi connectivity index (χ1v) is 9.14. The minimum Gasteiger partial charge on any atom is -0.450 e. The average Bonchev–Trinajstić information content (AvgIpc) is 2.70. The summed E-state index contributed by atoms with van der Waals surface area (Å²) in [6.07, 6.45) is 1.29. The number of anilines is 2. The van der Waals surface area contributed by atoms with E-state index in [1.165, 1.54) is 0 Å². The Balaban J connectivity index is 1.56. The highest BCUT2D eigenvalue weighted by Gasteiger charge is 2.26. The topological polar surface area (TPSA) is 74.8 Å². The molecule has 1 saturated heterocycles. The predicted octanol–water partition coefficient (Wildman–Crippen LogP) is 3.39. The Morgan fingerprint density at radius 3 is 2.26 bits per heavy atom. The van der Waals surface area contributed by atoms with E-state index in [0.717, 1.165) is 11.4 Å². The Morgan fingerprint density at radius 2 is 1.67 bits per heavy atom. The molecule has 0 radical (unpaired) electrons. The molecule has 1 aliphatic rings. The maximum atomic E-state index is 12.6. The minimum absolute atomic E-state index is 0.142.